The highest BCUT2D eigenvalue weighted by Crippen LogP contribution is 2.13. The molecule has 1 amide bonds. The first-order chi connectivity index (χ1) is 12.7. The zero-order valence-electron chi connectivity index (χ0n) is 14.4. The molecule has 0 spiro atoms. The first kappa shape index (κ1) is 17.6. The molecule has 0 saturated heterocycles. The third-order valence-electron chi connectivity index (χ3n) is 4.00. The molecule has 0 aliphatic heterocycles. The second-order valence-electron chi connectivity index (χ2n) is 5.92. The summed E-state index contributed by atoms with van der Waals surface area (Å²) in [6.45, 7) is 1.19. The van der Waals surface area contributed by atoms with Gasteiger partial charge in [0, 0.05) is 25.7 Å². The van der Waals surface area contributed by atoms with E-state index in [0.717, 1.165) is 18.4 Å². The number of carbonyl (C=O) groups is 1. The van der Waals surface area contributed by atoms with E-state index in [1.807, 2.05) is 30.3 Å². The van der Waals surface area contributed by atoms with Crippen LogP contribution in [-0.4, -0.2) is 34.2 Å². The van der Waals surface area contributed by atoms with Crippen LogP contribution < -0.4 is 16.2 Å². The van der Waals surface area contributed by atoms with Crippen molar-refractivity contribution in [2.45, 2.75) is 19.3 Å². The van der Waals surface area contributed by atoms with Crippen molar-refractivity contribution in [2.75, 3.05) is 18.4 Å². The van der Waals surface area contributed by atoms with Gasteiger partial charge in [-0.1, -0.05) is 30.3 Å². The number of hydrogen-bond acceptors (Lipinski definition) is 5. The van der Waals surface area contributed by atoms with E-state index in [4.69, 9.17) is 0 Å². The molecule has 7 heteroatoms. The molecule has 0 radical (unpaired) electrons. The highest BCUT2D eigenvalue weighted by Gasteiger charge is 2.06. The monoisotopic (exact) mass is 351 g/mol. The number of aryl methyl sites for hydroxylation is 1. The van der Waals surface area contributed by atoms with Crippen molar-refractivity contribution in [1.82, 2.24) is 20.5 Å². The Kier molecular flexibility index (Phi) is 5.92. The van der Waals surface area contributed by atoms with Crippen LogP contribution in [0.5, 0.6) is 0 Å². The van der Waals surface area contributed by atoms with Crippen LogP contribution in [0, 0.1) is 0 Å². The van der Waals surface area contributed by atoms with Gasteiger partial charge in [0.25, 0.3) is 5.56 Å². The van der Waals surface area contributed by atoms with Crippen molar-refractivity contribution < 1.29 is 4.79 Å². The third-order valence-corrected chi connectivity index (χ3v) is 4.00. The number of benzene rings is 1. The van der Waals surface area contributed by atoms with Crippen LogP contribution in [0.3, 0.4) is 0 Å². The van der Waals surface area contributed by atoms with Gasteiger partial charge in [0.2, 0.25) is 5.91 Å². The Hall–Kier alpha value is -3.22. The molecule has 0 atom stereocenters. The number of hydrogen-bond donors (Lipinski definition) is 3. The van der Waals surface area contributed by atoms with E-state index in [0.29, 0.717) is 36.2 Å². The second kappa shape index (κ2) is 8.75. The largest absolute Gasteiger partial charge is 0.367 e. The summed E-state index contributed by atoms with van der Waals surface area (Å²) in [5.74, 6) is 0.582. The number of nitrogens with zero attached hydrogens (tertiary/aromatic N) is 2. The maximum absolute atomic E-state index is 11.9. The number of amides is 1. The first-order valence-electron chi connectivity index (χ1n) is 8.62. The Morgan fingerprint density at radius 1 is 1.08 bits per heavy atom. The fraction of sp³-hybridized carbons (Fsp3) is 0.263. The van der Waals surface area contributed by atoms with Gasteiger partial charge >= 0.3 is 0 Å². The second-order valence-corrected chi connectivity index (χ2v) is 5.92. The summed E-state index contributed by atoms with van der Waals surface area (Å²) in [6.07, 6.45) is 3.59. The number of carbonyl (C=O) groups excluding carboxylic acids is 1. The molecule has 2 aromatic heterocycles. The number of aromatic nitrogens is 3. The maximum atomic E-state index is 11.9. The van der Waals surface area contributed by atoms with Gasteiger partial charge in [0.1, 0.15) is 5.52 Å². The number of fused-ring (bicyclic) bond motifs is 1. The smallest absolute Gasteiger partial charge is 0.273 e. The number of nitrogens with one attached hydrogen (secondary N) is 3. The van der Waals surface area contributed by atoms with Gasteiger partial charge in [-0.3, -0.25) is 14.6 Å². The standard InChI is InChI=1S/C19H21N5O2/c25-16(10-9-14-6-2-1-3-7-14)20-12-5-13-22-18-17-15(8-4-11-21-17)19(26)24-23-18/h1-4,6-8,11H,5,9-10,12-13H2,(H,20,25)(H,22,23)(H,24,26). The van der Waals surface area contributed by atoms with Crippen molar-refractivity contribution in [3.05, 3.63) is 64.6 Å². The van der Waals surface area contributed by atoms with Crippen LogP contribution in [-0.2, 0) is 11.2 Å². The predicted molar refractivity (Wildman–Crippen MR) is 101 cm³/mol. The molecular weight excluding hydrogens is 330 g/mol. The lowest BCUT2D eigenvalue weighted by Crippen LogP contribution is -2.26. The van der Waals surface area contributed by atoms with E-state index in [1.165, 1.54) is 0 Å². The molecule has 2 heterocycles. The highest BCUT2D eigenvalue weighted by molar-refractivity contribution is 5.86. The fourth-order valence-electron chi connectivity index (χ4n) is 2.63. The molecule has 0 bridgehead atoms. The summed E-state index contributed by atoms with van der Waals surface area (Å²) < 4.78 is 0. The molecule has 7 nitrogen and oxygen atoms in total. The van der Waals surface area contributed by atoms with Crippen LogP contribution in [0.4, 0.5) is 5.82 Å². The van der Waals surface area contributed by atoms with Gasteiger partial charge in [-0.2, -0.15) is 5.10 Å². The Labute approximate surface area is 150 Å². The van der Waals surface area contributed by atoms with Gasteiger partial charge in [-0.25, -0.2) is 5.10 Å². The Bertz CT molecular complexity index is 924. The minimum absolute atomic E-state index is 0.0446. The lowest BCUT2D eigenvalue weighted by atomic mass is 10.1. The fourth-order valence-corrected chi connectivity index (χ4v) is 2.63. The molecule has 3 aromatic rings. The average Bonchev–Trinajstić information content (AvgIpc) is 2.69. The molecule has 1 aromatic carbocycles. The summed E-state index contributed by atoms with van der Waals surface area (Å²) in [4.78, 5) is 27.8. The SMILES string of the molecule is O=C(CCc1ccccc1)NCCCNc1n[nH]c(=O)c2cccnc12. The minimum atomic E-state index is -0.260. The zero-order chi connectivity index (χ0) is 18.2. The van der Waals surface area contributed by atoms with Crippen LogP contribution in [0.25, 0.3) is 10.9 Å². The molecule has 26 heavy (non-hydrogen) atoms. The van der Waals surface area contributed by atoms with Gasteiger partial charge < -0.3 is 10.6 Å². The van der Waals surface area contributed by atoms with Gasteiger partial charge in [0.05, 0.1) is 5.39 Å². The lowest BCUT2D eigenvalue weighted by molar-refractivity contribution is -0.121. The van der Waals surface area contributed by atoms with E-state index in [1.54, 1.807) is 18.3 Å². The van der Waals surface area contributed by atoms with Crippen molar-refractivity contribution in [2.24, 2.45) is 0 Å². The average molecular weight is 351 g/mol. The number of rotatable bonds is 8. The van der Waals surface area contributed by atoms with Gasteiger partial charge in [-0.15, -0.1) is 0 Å². The molecule has 3 N–H and O–H groups in total. The Morgan fingerprint density at radius 2 is 1.92 bits per heavy atom. The van der Waals surface area contributed by atoms with Crippen LogP contribution in [0.1, 0.15) is 18.4 Å². The molecule has 0 aliphatic carbocycles. The summed E-state index contributed by atoms with van der Waals surface area (Å²) in [6, 6.07) is 13.4. The van der Waals surface area contributed by atoms with Crippen molar-refractivity contribution in [3.8, 4) is 0 Å². The van der Waals surface area contributed by atoms with Crippen LogP contribution in [0.15, 0.2) is 53.5 Å². The lowest BCUT2D eigenvalue weighted by Gasteiger charge is -2.08. The quantitative estimate of drug-likeness (QED) is 0.538. The Balaban J connectivity index is 1.40. The number of anilines is 1. The molecule has 134 valence electrons. The van der Waals surface area contributed by atoms with E-state index in [9.17, 15) is 9.59 Å². The number of aromatic amines is 1. The normalized spacial score (nSPS) is 10.6. The molecule has 0 aliphatic rings. The van der Waals surface area contributed by atoms with Gasteiger partial charge in [-0.05, 0) is 30.5 Å². The first-order valence-corrected chi connectivity index (χ1v) is 8.62. The summed E-state index contributed by atoms with van der Waals surface area (Å²) in [5.41, 5.74) is 1.44. The highest BCUT2D eigenvalue weighted by atomic mass is 16.1. The summed E-state index contributed by atoms with van der Waals surface area (Å²) >= 11 is 0. The third kappa shape index (κ3) is 4.66. The minimum Gasteiger partial charge on any atom is -0.367 e. The molecule has 0 fully saturated rings. The maximum Gasteiger partial charge on any atom is 0.273 e. The van der Waals surface area contributed by atoms with E-state index < -0.39 is 0 Å². The molecule has 3 rings (SSSR count). The molecule has 0 unspecified atom stereocenters. The molecular formula is C19H21N5O2. The van der Waals surface area contributed by atoms with E-state index in [-0.39, 0.29) is 11.5 Å². The molecule has 0 saturated carbocycles. The summed E-state index contributed by atoms with van der Waals surface area (Å²) in [5, 5.41) is 13.0. The number of pyridine rings is 1. The topological polar surface area (TPSA) is 99.8 Å². The Morgan fingerprint density at radius 3 is 2.77 bits per heavy atom. The van der Waals surface area contributed by atoms with E-state index >= 15 is 0 Å². The van der Waals surface area contributed by atoms with Gasteiger partial charge in [0.15, 0.2) is 5.82 Å². The van der Waals surface area contributed by atoms with Crippen LogP contribution >= 0.6 is 0 Å². The van der Waals surface area contributed by atoms with Crippen molar-refractivity contribution in [1.29, 1.82) is 0 Å². The van der Waals surface area contributed by atoms with E-state index in [2.05, 4.69) is 25.8 Å². The number of H-pyrrole nitrogens is 1. The van der Waals surface area contributed by atoms with Crippen molar-refractivity contribution in [3.63, 3.8) is 0 Å². The predicted octanol–water partition coefficient (Wildman–Crippen LogP) is 1.87. The zero-order valence-corrected chi connectivity index (χ0v) is 14.4. The summed E-state index contributed by atoms with van der Waals surface area (Å²) in [7, 11) is 0. The van der Waals surface area contributed by atoms with Crippen LogP contribution in [0.2, 0.25) is 0 Å². The van der Waals surface area contributed by atoms with Crippen molar-refractivity contribution >= 4 is 22.6 Å².